The second-order valence-electron chi connectivity index (χ2n) is 5.33. The van der Waals surface area contributed by atoms with Crippen molar-refractivity contribution in [2.45, 2.75) is 18.8 Å². The van der Waals surface area contributed by atoms with Gasteiger partial charge in [0.05, 0.1) is 11.4 Å². The predicted molar refractivity (Wildman–Crippen MR) is 103 cm³/mol. The molecule has 0 aliphatic rings. The van der Waals surface area contributed by atoms with E-state index < -0.39 is 0 Å². The summed E-state index contributed by atoms with van der Waals surface area (Å²) in [5.74, 6) is 1.15. The van der Waals surface area contributed by atoms with Crippen LogP contribution < -0.4 is 10.1 Å². The number of hydrogen-bond acceptors (Lipinski definition) is 6. The van der Waals surface area contributed by atoms with Gasteiger partial charge in [-0.1, -0.05) is 42.1 Å². The normalized spacial score (nSPS) is 10.5. The van der Waals surface area contributed by atoms with Crippen LogP contribution in [0.25, 0.3) is 0 Å². The number of nitrogens with zero attached hydrogens (tertiary/aromatic N) is 2. The summed E-state index contributed by atoms with van der Waals surface area (Å²) in [6.45, 7) is 2.15. The van der Waals surface area contributed by atoms with Gasteiger partial charge >= 0.3 is 0 Å². The van der Waals surface area contributed by atoms with Crippen LogP contribution in [0.4, 0.5) is 5.69 Å². The zero-order chi connectivity index (χ0) is 18.4. The number of thioether (sulfide) groups is 1. The number of nitrogens with one attached hydrogen (secondary N) is 1. The Morgan fingerprint density at radius 1 is 1.19 bits per heavy atom. The maximum Gasteiger partial charge on any atom is 0.277 e. The van der Waals surface area contributed by atoms with Crippen LogP contribution in [0, 0.1) is 6.92 Å². The number of carbonyl (C=O) groups is 1. The first kappa shape index (κ1) is 18.5. The highest BCUT2D eigenvalue weighted by atomic mass is 79.9. The Morgan fingerprint density at radius 3 is 2.77 bits per heavy atom. The van der Waals surface area contributed by atoms with Crippen LogP contribution in [-0.4, -0.2) is 21.9 Å². The molecule has 0 aliphatic heterocycles. The lowest BCUT2D eigenvalue weighted by Crippen LogP contribution is -2.14. The van der Waals surface area contributed by atoms with Gasteiger partial charge in [-0.05, 0) is 46.6 Å². The van der Waals surface area contributed by atoms with Crippen molar-refractivity contribution >= 4 is 39.3 Å². The Hall–Kier alpha value is -2.32. The van der Waals surface area contributed by atoms with E-state index in [0.29, 0.717) is 11.1 Å². The fraction of sp³-hybridized carbons (Fsp3) is 0.167. The number of hydrogen-bond donors (Lipinski definition) is 1. The molecule has 3 rings (SSSR count). The smallest absolute Gasteiger partial charge is 0.277 e. The van der Waals surface area contributed by atoms with Gasteiger partial charge in [0.25, 0.3) is 11.1 Å². The molecule has 0 unspecified atom stereocenters. The van der Waals surface area contributed by atoms with Crippen molar-refractivity contribution in [3.05, 3.63) is 64.5 Å². The van der Waals surface area contributed by atoms with Crippen molar-refractivity contribution in [2.24, 2.45) is 0 Å². The average molecular weight is 434 g/mol. The summed E-state index contributed by atoms with van der Waals surface area (Å²) in [5, 5.41) is 11.0. The molecule has 3 aromatic rings. The maximum atomic E-state index is 12.0. The van der Waals surface area contributed by atoms with E-state index in [4.69, 9.17) is 9.15 Å². The van der Waals surface area contributed by atoms with Gasteiger partial charge in [-0.2, -0.15) is 0 Å². The lowest BCUT2D eigenvalue weighted by molar-refractivity contribution is -0.113. The van der Waals surface area contributed by atoms with Crippen LogP contribution >= 0.6 is 27.7 Å². The monoisotopic (exact) mass is 433 g/mol. The van der Waals surface area contributed by atoms with Crippen molar-refractivity contribution in [3.8, 4) is 5.75 Å². The largest absolute Gasteiger partial charge is 0.484 e. The predicted octanol–water partition coefficient (Wildman–Crippen LogP) is 4.45. The highest BCUT2D eigenvalue weighted by Gasteiger charge is 2.11. The number of halogens is 1. The number of carbonyl (C=O) groups excluding carboxylic acids is 1. The number of amides is 1. The molecule has 0 spiro atoms. The van der Waals surface area contributed by atoms with Crippen molar-refractivity contribution in [3.63, 3.8) is 0 Å². The third-order valence-corrected chi connectivity index (χ3v) is 4.88. The van der Waals surface area contributed by atoms with Gasteiger partial charge in [-0.3, -0.25) is 4.79 Å². The highest BCUT2D eigenvalue weighted by molar-refractivity contribution is 9.10. The Kier molecular flexibility index (Phi) is 6.30. The average Bonchev–Trinajstić information content (AvgIpc) is 3.09. The number of rotatable bonds is 7. The molecule has 1 N–H and O–H groups in total. The van der Waals surface area contributed by atoms with E-state index in [1.54, 1.807) is 0 Å². The summed E-state index contributed by atoms with van der Waals surface area (Å²) in [7, 11) is 0. The van der Waals surface area contributed by atoms with Gasteiger partial charge in [0.1, 0.15) is 5.75 Å². The first-order valence-corrected chi connectivity index (χ1v) is 9.57. The van der Waals surface area contributed by atoms with Crippen LogP contribution in [0.15, 0.2) is 62.6 Å². The minimum Gasteiger partial charge on any atom is -0.484 e. The van der Waals surface area contributed by atoms with Gasteiger partial charge in [-0.25, -0.2) is 0 Å². The summed E-state index contributed by atoms with van der Waals surface area (Å²) >= 11 is 4.57. The van der Waals surface area contributed by atoms with E-state index in [-0.39, 0.29) is 18.3 Å². The minimum absolute atomic E-state index is 0.155. The molecule has 0 aliphatic carbocycles. The van der Waals surface area contributed by atoms with Crippen LogP contribution in [0.5, 0.6) is 5.75 Å². The highest BCUT2D eigenvalue weighted by Crippen LogP contribution is 2.23. The number of aryl methyl sites for hydroxylation is 1. The topological polar surface area (TPSA) is 77.2 Å². The van der Waals surface area contributed by atoms with Crippen LogP contribution in [0.3, 0.4) is 0 Å². The summed E-state index contributed by atoms with van der Waals surface area (Å²) < 4.78 is 12.0. The van der Waals surface area contributed by atoms with E-state index in [1.807, 2.05) is 55.5 Å². The van der Waals surface area contributed by atoms with E-state index in [0.717, 1.165) is 21.5 Å². The SMILES string of the molecule is Cc1ccccc1OCc1nnc(SCC(=O)Nc2ccccc2Br)o1. The van der Waals surface area contributed by atoms with Gasteiger partial charge < -0.3 is 14.5 Å². The molecule has 8 heteroatoms. The zero-order valence-electron chi connectivity index (χ0n) is 13.9. The van der Waals surface area contributed by atoms with E-state index in [1.165, 1.54) is 11.8 Å². The molecule has 2 aromatic carbocycles. The van der Waals surface area contributed by atoms with Crippen molar-refractivity contribution in [2.75, 3.05) is 11.1 Å². The van der Waals surface area contributed by atoms with Gasteiger partial charge in [0.15, 0.2) is 6.61 Å². The molecule has 0 fully saturated rings. The molecule has 26 heavy (non-hydrogen) atoms. The number of para-hydroxylation sites is 2. The van der Waals surface area contributed by atoms with Gasteiger partial charge in [-0.15, -0.1) is 10.2 Å². The summed E-state index contributed by atoms with van der Waals surface area (Å²) in [4.78, 5) is 12.0. The third kappa shape index (κ3) is 5.09. The van der Waals surface area contributed by atoms with E-state index >= 15 is 0 Å². The summed E-state index contributed by atoms with van der Waals surface area (Å²) in [6.07, 6.45) is 0. The standard InChI is InChI=1S/C18H16BrN3O3S/c1-12-6-2-5-9-15(12)24-10-17-21-22-18(25-17)26-11-16(23)20-14-8-4-3-7-13(14)19/h2-9H,10-11H2,1H3,(H,20,23). The zero-order valence-corrected chi connectivity index (χ0v) is 16.3. The van der Waals surface area contributed by atoms with Crippen molar-refractivity contribution in [1.29, 1.82) is 0 Å². The van der Waals surface area contributed by atoms with Crippen molar-refractivity contribution < 1.29 is 13.9 Å². The lowest BCUT2D eigenvalue weighted by atomic mass is 10.2. The van der Waals surface area contributed by atoms with E-state index in [9.17, 15) is 4.79 Å². The molecule has 0 radical (unpaired) electrons. The van der Waals surface area contributed by atoms with E-state index in [2.05, 4.69) is 31.4 Å². The molecule has 1 heterocycles. The molecular formula is C18H16BrN3O3S. The maximum absolute atomic E-state index is 12.0. The number of anilines is 1. The minimum atomic E-state index is -0.155. The molecule has 0 saturated carbocycles. The fourth-order valence-electron chi connectivity index (χ4n) is 2.09. The third-order valence-electron chi connectivity index (χ3n) is 3.37. The number of benzene rings is 2. The second-order valence-corrected chi connectivity index (χ2v) is 7.11. The quantitative estimate of drug-likeness (QED) is 0.554. The molecule has 6 nitrogen and oxygen atoms in total. The van der Waals surface area contributed by atoms with Crippen LogP contribution in [0.2, 0.25) is 0 Å². The fourth-order valence-corrected chi connectivity index (χ4v) is 3.05. The molecule has 134 valence electrons. The number of aromatic nitrogens is 2. The molecule has 1 aromatic heterocycles. The Balaban J connectivity index is 1.48. The van der Waals surface area contributed by atoms with Crippen LogP contribution in [0.1, 0.15) is 11.5 Å². The molecule has 0 bridgehead atoms. The van der Waals surface area contributed by atoms with Crippen molar-refractivity contribution in [1.82, 2.24) is 10.2 Å². The number of ether oxygens (including phenoxy) is 1. The molecule has 1 amide bonds. The Morgan fingerprint density at radius 2 is 1.96 bits per heavy atom. The molecule has 0 atom stereocenters. The lowest BCUT2D eigenvalue weighted by Gasteiger charge is -2.06. The molecular weight excluding hydrogens is 418 g/mol. The van der Waals surface area contributed by atoms with Gasteiger partial charge in [0, 0.05) is 4.47 Å². The summed E-state index contributed by atoms with van der Waals surface area (Å²) in [5.41, 5.74) is 1.75. The molecule has 0 saturated heterocycles. The van der Waals surface area contributed by atoms with Crippen LogP contribution in [-0.2, 0) is 11.4 Å². The first-order valence-electron chi connectivity index (χ1n) is 7.80. The summed E-state index contributed by atoms with van der Waals surface area (Å²) in [6, 6.07) is 15.1. The van der Waals surface area contributed by atoms with Gasteiger partial charge in [0.2, 0.25) is 5.91 Å². The Labute approximate surface area is 163 Å². The second kappa shape index (κ2) is 8.86. The Bertz CT molecular complexity index is 901. The first-order chi connectivity index (χ1) is 12.6.